The normalized spacial score (nSPS) is 14.9. The third-order valence-electron chi connectivity index (χ3n) is 2.60. The SMILES string of the molecule is Clc1cc(NCc2ccon2)nc(C2CC2)n1. The van der Waals surface area contributed by atoms with E-state index in [9.17, 15) is 0 Å². The van der Waals surface area contributed by atoms with E-state index in [0.29, 0.717) is 17.6 Å². The van der Waals surface area contributed by atoms with Crippen LogP contribution in [0.5, 0.6) is 0 Å². The summed E-state index contributed by atoms with van der Waals surface area (Å²) < 4.78 is 4.75. The zero-order chi connectivity index (χ0) is 11.7. The van der Waals surface area contributed by atoms with Crippen LogP contribution in [0.25, 0.3) is 0 Å². The maximum atomic E-state index is 5.96. The van der Waals surface area contributed by atoms with Gasteiger partial charge in [0.1, 0.15) is 28.8 Å². The number of halogens is 1. The maximum Gasteiger partial charge on any atom is 0.135 e. The van der Waals surface area contributed by atoms with Gasteiger partial charge in [0.25, 0.3) is 0 Å². The van der Waals surface area contributed by atoms with E-state index >= 15 is 0 Å². The topological polar surface area (TPSA) is 63.8 Å². The van der Waals surface area contributed by atoms with Crippen LogP contribution in [0.2, 0.25) is 5.15 Å². The molecule has 17 heavy (non-hydrogen) atoms. The molecule has 5 nitrogen and oxygen atoms in total. The number of rotatable bonds is 4. The highest BCUT2D eigenvalue weighted by Gasteiger charge is 2.27. The summed E-state index contributed by atoms with van der Waals surface area (Å²) in [6.45, 7) is 0.563. The van der Waals surface area contributed by atoms with Crippen molar-refractivity contribution in [3.8, 4) is 0 Å². The molecule has 2 aromatic heterocycles. The molecule has 0 amide bonds. The molecule has 1 saturated carbocycles. The molecular formula is C11H11ClN4O. The van der Waals surface area contributed by atoms with E-state index in [0.717, 1.165) is 30.2 Å². The number of anilines is 1. The summed E-state index contributed by atoms with van der Waals surface area (Å²) >= 11 is 5.96. The highest BCUT2D eigenvalue weighted by Crippen LogP contribution is 2.38. The molecule has 0 spiro atoms. The Bertz CT molecular complexity index is 510. The lowest BCUT2D eigenvalue weighted by molar-refractivity contribution is 0.412. The minimum absolute atomic E-state index is 0.476. The molecule has 0 bridgehead atoms. The summed E-state index contributed by atoms with van der Waals surface area (Å²) in [4.78, 5) is 8.65. The summed E-state index contributed by atoms with van der Waals surface area (Å²) in [7, 11) is 0. The Labute approximate surface area is 103 Å². The Kier molecular flexibility index (Phi) is 2.68. The monoisotopic (exact) mass is 250 g/mol. The van der Waals surface area contributed by atoms with Crippen molar-refractivity contribution in [3.05, 3.63) is 35.1 Å². The molecule has 3 rings (SSSR count). The second kappa shape index (κ2) is 4.33. The molecule has 0 atom stereocenters. The fraction of sp³-hybridized carbons (Fsp3) is 0.364. The number of nitrogens with zero attached hydrogens (tertiary/aromatic N) is 3. The Morgan fingerprint density at radius 3 is 3.00 bits per heavy atom. The smallest absolute Gasteiger partial charge is 0.135 e. The van der Waals surface area contributed by atoms with E-state index in [2.05, 4.69) is 20.4 Å². The van der Waals surface area contributed by atoms with Crippen LogP contribution in [0.1, 0.15) is 30.3 Å². The van der Waals surface area contributed by atoms with Crippen molar-refractivity contribution >= 4 is 17.4 Å². The van der Waals surface area contributed by atoms with Crippen LogP contribution in [-0.2, 0) is 6.54 Å². The predicted octanol–water partition coefficient (Wildman–Crippen LogP) is 2.61. The van der Waals surface area contributed by atoms with Gasteiger partial charge in [-0.05, 0) is 12.8 Å². The zero-order valence-electron chi connectivity index (χ0n) is 9.06. The molecule has 0 saturated heterocycles. The van der Waals surface area contributed by atoms with Gasteiger partial charge >= 0.3 is 0 Å². The first-order chi connectivity index (χ1) is 8.31. The van der Waals surface area contributed by atoms with Gasteiger partial charge in [-0.2, -0.15) is 0 Å². The first-order valence-electron chi connectivity index (χ1n) is 5.49. The number of hydrogen-bond donors (Lipinski definition) is 1. The summed E-state index contributed by atoms with van der Waals surface area (Å²) in [5.74, 6) is 2.05. The highest BCUT2D eigenvalue weighted by molar-refractivity contribution is 6.29. The lowest BCUT2D eigenvalue weighted by atomic mass is 10.4. The lowest BCUT2D eigenvalue weighted by Gasteiger charge is -2.05. The molecular weight excluding hydrogens is 240 g/mol. The summed E-state index contributed by atoms with van der Waals surface area (Å²) in [5.41, 5.74) is 0.827. The second-order valence-corrected chi connectivity index (χ2v) is 4.44. The number of aromatic nitrogens is 3. The average molecular weight is 251 g/mol. The van der Waals surface area contributed by atoms with Crippen molar-refractivity contribution in [3.63, 3.8) is 0 Å². The van der Waals surface area contributed by atoms with Crippen molar-refractivity contribution in [1.82, 2.24) is 15.1 Å². The molecule has 88 valence electrons. The van der Waals surface area contributed by atoms with Crippen molar-refractivity contribution in [2.75, 3.05) is 5.32 Å². The first kappa shape index (κ1) is 10.5. The van der Waals surface area contributed by atoms with Crippen molar-refractivity contribution in [2.45, 2.75) is 25.3 Å². The fourth-order valence-corrected chi connectivity index (χ4v) is 1.75. The zero-order valence-corrected chi connectivity index (χ0v) is 9.81. The number of nitrogens with one attached hydrogen (secondary N) is 1. The molecule has 0 aliphatic heterocycles. The van der Waals surface area contributed by atoms with Gasteiger partial charge in [-0.25, -0.2) is 9.97 Å². The average Bonchev–Trinajstić information content (AvgIpc) is 3.04. The third kappa shape index (κ3) is 2.55. The molecule has 0 aromatic carbocycles. The minimum Gasteiger partial charge on any atom is -0.364 e. The molecule has 2 heterocycles. The molecule has 1 aliphatic carbocycles. The highest BCUT2D eigenvalue weighted by atomic mass is 35.5. The van der Waals surface area contributed by atoms with E-state index in [-0.39, 0.29) is 0 Å². The van der Waals surface area contributed by atoms with Gasteiger partial charge < -0.3 is 9.84 Å². The molecule has 0 unspecified atom stereocenters. The molecule has 1 aliphatic rings. The largest absolute Gasteiger partial charge is 0.364 e. The Morgan fingerprint density at radius 2 is 2.29 bits per heavy atom. The Balaban J connectivity index is 1.73. The summed E-state index contributed by atoms with van der Waals surface area (Å²) in [5, 5.41) is 7.44. The van der Waals surface area contributed by atoms with Gasteiger partial charge in [-0.3, -0.25) is 0 Å². The van der Waals surface area contributed by atoms with Gasteiger partial charge in [0, 0.05) is 18.1 Å². The van der Waals surface area contributed by atoms with Crippen LogP contribution >= 0.6 is 11.6 Å². The number of hydrogen-bond acceptors (Lipinski definition) is 5. The van der Waals surface area contributed by atoms with Crippen molar-refractivity contribution < 1.29 is 4.52 Å². The minimum atomic E-state index is 0.476. The Hall–Kier alpha value is -1.62. The van der Waals surface area contributed by atoms with Gasteiger partial charge in [0.05, 0.1) is 6.54 Å². The van der Waals surface area contributed by atoms with E-state index < -0.39 is 0 Å². The predicted molar refractivity (Wildman–Crippen MR) is 62.8 cm³/mol. The summed E-state index contributed by atoms with van der Waals surface area (Å²) in [6, 6.07) is 3.52. The fourth-order valence-electron chi connectivity index (χ4n) is 1.56. The standard InChI is InChI=1S/C11H11ClN4O/c12-9-5-10(13-6-8-3-4-17-16-8)15-11(14-9)7-1-2-7/h3-5,7H,1-2,6H2,(H,13,14,15). The summed E-state index contributed by atoms with van der Waals surface area (Å²) in [6.07, 6.45) is 3.85. The Morgan fingerprint density at radius 1 is 1.41 bits per heavy atom. The van der Waals surface area contributed by atoms with E-state index in [4.69, 9.17) is 16.1 Å². The van der Waals surface area contributed by atoms with Crippen LogP contribution in [0.4, 0.5) is 5.82 Å². The van der Waals surface area contributed by atoms with Gasteiger partial charge in [0.2, 0.25) is 0 Å². The van der Waals surface area contributed by atoms with Crippen molar-refractivity contribution in [2.24, 2.45) is 0 Å². The van der Waals surface area contributed by atoms with Gasteiger partial charge in [-0.15, -0.1) is 0 Å². The quantitative estimate of drug-likeness (QED) is 0.845. The second-order valence-electron chi connectivity index (χ2n) is 4.05. The van der Waals surface area contributed by atoms with E-state index in [1.807, 2.05) is 0 Å². The molecule has 2 aromatic rings. The third-order valence-corrected chi connectivity index (χ3v) is 2.79. The van der Waals surface area contributed by atoms with Gasteiger partial charge in [0.15, 0.2) is 0 Å². The molecule has 1 fully saturated rings. The maximum absolute atomic E-state index is 5.96. The van der Waals surface area contributed by atoms with Crippen LogP contribution in [0.15, 0.2) is 22.9 Å². The molecule has 6 heteroatoms. The lowest BCUT2D eigenvalue weighted by Crippen LogP contribution is -2.04. The van der Waals surface area contributed by atoms with Crippen LogP contribution in [0, 0.1) is 0 Å². The van der Waals surface area contributed by atoms with E-state index in [1.54, 1.807) is 18.4 Å². The molecule has 1 N–H and O–H groups in total. The van der Waals surface area contributed by atoms with Crippen LogP contribution in [-0.4, -0.2) is 15.1 Å². The molecule has 0 radical (unpaired) electrons. The van der Waals surface area contributed by atoms with Crippen LogP contribution in [0.3, 0.4) is 0 Å². The van der Waals surface area contributed by atoms with E-state index in [1.165, 1.54) is 0 Å². The van der Waals surface area contributed by atoms with Crippen LogP contribution < -0.4 is 5.32 Å². The van der Waals surface area contributed by atoms with Gasteiger partial charge in [-0.1, -0.05) is 16.8 Å². The first-order valence-corrected chi connectivity index (χ1v) is 5.86. The van der Waals surface area contributed by atoms with Crippen molar-refractivity contribution in [1.29, 1.82) is 0 Å².